The highest BCUT2D eigenvalue weighted by molar-refractivity contribution is 6.00. The van der Waals surface area contributed by atoms with Gasteiger partial charge in [-0.05, 0) is 25.0 Å². The van der Waals surface area contributed by atoms with Crippen molar-refractivity contribution in [3.63, 3.8) is 0 Å². The van der Waals surface area contributed by atoms with E-state index < -0.39 is 11.9 Å². The molecule has 0 radical (unpaired) electrons. The van der Waals surface area contributed by atoms with E-state index in [0.29, 0.717) is 17.6 Å². The number of hydrogen-bond donors (Lipinski definition) is 2. The van der Waals surface area contributed by atoms with Gasteiger partial charge >= 0.3 is 5.69 Å². The lowest BCUT2D eigenvalue weighted by atomic mass is 10.1. The van der Waals surface area contributed by atoms with Crippen LogP contribution in [0.3, 0.4) is 0 Å². The van der Waals surface area contributed by atoms with Gasteiger partial charge in [-0.3, -0.25) is 24.0 Å². The second kappa shape index (κ2) is 6.24. The monoisotopic (exact) mass is 358 g/mol. The Balaban J connectivity index is 1.84. The van der Waals surface area contributed by atoms with Crippen LogP contribution in [-0.4, -0.2) is 52.1 Å². The maximum atomic E-state index is 12.8. The van der Waals surface area contributed by atoms with Crippen molar-refractivity contribution < 1.29 is 9.59 Å². The molecule has 4 rings (SSSR count). The zero-order valence-corrected chi connectivity index (χ0v) is 14.9. The fraction of sp³-hybridized carbons (Fsp3) is 0.529. The van der Waals surface area contributed by atoms with Gasteiger partial charge in [0.25, 0.3) is 0 Å². The first kappa shape index (κ1) is 16.8. The number of carbonyl (C=O) groups excluding carboxylic acids is 2. The number of carbonyl (C=O) groups is 2. The highest BCUT2D eigenvalue weighted by atomic mass is 16.2. The third-order valence-electron chi connectivity index (χ3n) is 5.16. The smallest absolute Gasteiger partial charge is 0.330 e. The first-order chi connectivity index (χ1) is 12.5. The molecule has 2 aliphatic heterocycles. The number of pyridine rings is 1. The van der Waals surface area contributed by atoms with Crippen LogP contribution in [0.1, 0.15) is 24.4 Å². The first-order valence-electron chi connectivity index (χ1n) is 8.85. The molecule has 9 heteroatoms. The summed E-state index contributed by atoms with van der Waals surface area (Å²) >= 11 is 0. The fourth-order valence-corrected chi connectivity index (χ4v) is 3.79. The van der Waals surface area contributed by atoms with Gasteiger partial charge in [0, 0.05) is 39.6 Å². The fourth-order valence-electron chi connectivity index (χ4n) is 3.79. The number of piperidine rings is 1. The van der Waals surface area contributed by atoms with Crippen LogP contribution in [0.5, 0.6) is 0 Å². The van der Waals surface area contributed by atoms with Crippen LogP contribution in [0.2, 0.25) is 0 Å². The van der Waals surface area contributed by atoms with Crippen molar-refractivity contribution in [2.24, 2.45) is 7.05 Å². The highest BCUT2D eigenvalue weighted by Crippen LogP contribution is 2.26. The minimum atomic E-state index is -0.685. The van der Waals surface area contributed by atoms with Gasteiger partial charge in [0.15, 0.2) is 5.65 Å². The predicted molar refractivity (Wildman–Crippen MR) is 96.2 cm³/mol. The lowest BCUT2D eigenvalue weighted by Gasteiger charge is -2.29. The molecular formula is C17H22N6O3. The molecule has 9 nitrogen and oxygen atoms in total. The largest absolute Gasteiger partial charge is 0.354 e. The lowest BCUT2D eigenvalue weighted by molar-refractivity contribution is -0.135. The topological polar surface area (TPSA) is 101 Å². The molecule has 0 saturated carbocycles. The molecule has 0 spiro atoms. The number of aryl methyl sites for hydroxylation is 2. The molecule has 1 atom stereocenters. The Morgan fingerprint density at radius 3 is 2.62 bits per heavy atom. The number of nitrogens with one attached hydrogen (secondary N) is 2. The minimum absolute atomic E-state index is 0.227. The number of imidazole rings is 1. The maximum absolute atomic E-state index is 12.8. The van der Waals surface area contributed by atoms with Gasteiger partial charge in [0.2, 0.25) is 11.8 Å². The highest BCUT2D eigenvalue weighted by Gasteiger charge is 2.32. The number of imide groups is 1. The predicted octanol–water partition coefficient (Wildman–Crippen LogP) is -0.569. The first-order valence-corrected chi connectivity index (χ1v) is 8.85. The van der Waals surface area contributed by atoms with Crippen molar-refractivity contribution >= 4 is 28.8 Å². The average molecular weight is 358 g/mol. The van der Waals surface area contributed by atoms with Crippen molar-refractivity contribution in [3.05, 3.63) is 22.1 Å². The van der Waals surface area contributed by atoms with E-state index in [4.69, 9.17) is 4.98 Å². The molecule has 1 unspecified atom stereocenters. The van der Waals surface area contributed by atoms with E-state index in [1.165, 1.54) is 9.13 Å². The lowest BCUT2D eigenvalue weighted by Crippen LogP contribution is -2.44. The van der Waals surface area contributed by atoms with Crippen LogP contribution < -0.4 is 21.2 Å². The van der Waals surface area contributed by atoms with Gasteiger partial charge in [-0.1, -0.05) is 0 Å². The second-order valence-corrected chi connectivity index (χ2v) is 6.89. The molecule has 138 valence electrons. The third kappa shape index (κ3) is 2.59. The molecule has 2 aromatic rings. The summed E-state index contributed by atoms with van der Waals surface area (Å²) in [6.45, 7) is 5.49. The number of anilines is 1. The van der Waals surface area contributed by atoms with Crippen molar-refractivity contribution in [2.45, 2.75) is 25.8 Å². The van der Waals surface area contributed by atoms with Gasteiger partial charge in [0.1, 0.15) is 11.9 Å². The molecule has 2 saturated heterocycles. The van der Waals surface area contributed by atoms with Gasteiger partial charge in [-0.2, -0.15) is 0 Å². The maximum Gasteiger partial charge on any atom is 0.330 e. The van der Waals surface area contributed by atoms with Gasteiger partial charge in [0.05, 0.1) is 5.52 Å². The van der Waals surface area contributed by atoms with Crippen molar-refractivity contribution in [1.29, 1.82) is 0 Å². The molecule has 4 heterocycles. The number of rotatable bonds is 2. The summed E-state index contributed by atoms with van der Waals surface area (Å²) in [6, 6.07) is 1.24. The molecule has 0 aromatic carbocycles. The summed E-state index contributed by atoms with van der Waals surface area (Å²) in [6.07, 6.45) is 0.548. The van der Waals surface area contributed by atoms with E-state index in [0.717, 1.165) is 37.6 Å². The molecule has 0 aliphatic carbocycles. The van der Waals surface area contributed by atoms with Crippen LogP contribution in [0.15, 0.2) is 10.9 Å². The van der Waals surface area contributed by atoms with Crippen LogP contribution >= 0.6 is 0 Å². The van der Waals surface area contributed by atoms with Crippen LogP contribution in [-0.2, 0) is 16.6 Å². The second-order valence-electron chi connectivity index (χ2n) is 6.89. The Morgan fingerprint density at radius 1 is 1.19 bits per heavy atom. The number of nitrogens with zero attached hydrogens (tertiary/aromatic N) is 4. The Morgan fingerprint density at radius 2 is 1.92 bits per heavy atom. The van der Waals surface area contributed by atoms with Gasteiger partial charge < -0.3 is 10.2 Å². The number of aromatic nitrogens is 3. The van der Waals surface area contributed by atoms with Gasteiger partial charge in [-0.25, -0.2) is 9.78 Å². The van der Waals surface area contributed by atoms with E-state index in [2.05, 4.69) is 15.5 Å². The number of piperazine rings is 1. The van der Waals surface area contributed by atoms with Gasteiger partial charge in [-0.15, -0.1) is 0 Å². The molecule has 2 aliphatic rings. The molecule has 2 aromatic heterocycles. The zero-order chi connectivity index (χ0) is 18.4. The normalized spacial score (nSPS) is 21.3. The zero-order valence-electron chi connectivity index (χ0n) is 14.9. The Kier molecular flexibility index (Phi) is 4.03. The summed E-state index contributed by atoms with van der Waals surface area (Å²) in [7, 11) is 1.66. The van der Waals surface area contributed by atoms with E-state index in [-0.39, 0.29) is 18.0 Å². The minimum Gasteiger partial charge on any atom is -0.354 e. The van der Waals surface area contributed by atoms with Crippen molar-refractivity contribution in [1.82, 2.24) is 24.8 Å². The van der Waals surface area contributed by atoms with Crippen molar-refractivity contribution in [3.8, 4) is 0 Å². The summed E-state index contributed by atoms with van der Waals surface area (Å²) in [5, 5.41) is 5.64. The SMILES string of the molecule is Cc1cc2c(nc1N1CCNCC1)n(C)c(=O)n2C1CCC(=O)NC1=O. The van der Waals surface area contributed by atoms with E-state index >= 15 is 0 Å². The van der Waals surface area contributed by atoms with Crippen LogP contribution in [0.25, 0.3) is 11.2 Å². The third-order valence-corrected chi connectivity index (χ3v) is 5.16. The number of fused-ring (bicyclic) bond motifs is 1. The molecule has 2 fully saturated rings. The summed E-state index contributed by atoms with van der Waals surface area (Å²) in [5.41, 5.74) is 1.85. The van der Waals surface area contributed by atoms with Crippen molar-refractivity contribution in [2.75, 3.05) is 31.1 Å². The molecule has 0 bridgehead atoms. The van der Waals surface area contributed by atoms with E-state index in [1.54, 1.807) is 7.05 Å². The Hall–Kier alpha value is -2.68. The van der Waals surface area contributed by atoms with E-state index in [1.807, 2.05) is 13.0 Å². The quantitative estimate of drug-likeness (QED) is 0.698. The summed E-state index contributed by atoms with van der Waals surface area (Å²) in [4.78, 5) is 43.5. The molecular weight excluding hydrogens is 336 g/mol. The Labute approximate surface area is 150 Å². The molecule has 2 amide bonds. The number of hydrogen-bond acceptors (Lipinski definition) is 6. The number of amides is 2. The molecule has 2 N–H and O–H groups in total. The summed E-state index contributed by atoms with van der Waals surface area (Å²) < 4.78 is 2.95. The van der Waals surface area contributed by atoms with Crippen LogP contribution in [0.4, 0.5) is 5.82 Å². The summed E-state index contributed by atoms with van der Waals surface area (Å²) in [5.74, 6) is 0.143. The Bertz CT molecular complexity index is 954. The van der Waals surface area contributed by atoms with E-state index in [9.17, 15) is 14.4 Å². The molecule has 26 heavy (non-hydrogen) atoms. The van der Waals surface area contributed by atoms with Crippen LogP contribution in [0, 0.1) is 6.92 Å². The average Bonchev–Trinajstić information content (AvgIpc) is 2.86. The standard InChI is InChI=1S/C17H22N6O3/c1-10-9-12-15(20-14(10)22-7-5-18-6-8-22)21(2)17(26)23(12)11-3-4-13(24)19-16(11)25/h9,11,18H,3-8H2,1-2H3,(H,19,24,25).